The summed E-state index contributed by atoms with van der Waals surface area (Å²) in [4.78, 5) is 12.2. The van der Waals surface area contributed by atoms with Crippen LogP contribution in [0.4, 0.5) is 4.39 Å². The molecule has 2 rings (SSSR count). The van der Waals surface area contributed by atoms with Gasteiger partial charge >= 0.3 is 0 Å². The van der Waals surface area contributed by atoms with Crippen molar-refractivity contribution in [3.05, 3.63) is 62.8 Å². The minimum Gasteiger partial charge on any atom is -0.496 e. The maximum atomic E-state index is 13.6. The SMILES string of the molecule is COc1ccc(C(=O)c2cc(Cl)ccc2F)cc1Br. The number of carbonyl (C=O) groups excluding carboxylic acids is 1. The van der Waals surface area contributed by atoms with Gasteiger partial charge in [-0.3, -0.25) is 4.79 Å². The zero-order valence-corrected chi connectivity index (χ0v) is 12.3. The predicted octanol–water partition coefficient (Wildman–Crippen LogP) is 4.48. The Balaban J connectivity index is 2.44. The van der Waals surface area contributed by atoms with E-state index in [4.69, 9.17) is 16.3 Å². The Morgan fingerprint density at radius 1 is 1.26 bits per heavy atom. The van der Waals surface area contributed by atoms with Crippen molar-refractivity contribution in [3.63, 3.8) is 0 Å². The molecule has 2 aromatic rings. The van der Waals surface area contributed by atoms with E-state index in [0.29, 0.717) is 20.8 Å². The van der Waals surface area contributed by atoms with Gasteiger partial charge in [-0.15, -0.1) is 0 Å². The Morgan fingerprint density at radius 2 is 2.00 bits per heavy atom. The second-order valence-electron chi connectivity index (χ2n) is 3.80. The first-order valence-corrected chi connectivity index (χ1v) is 6.53. The number of ketones is 1. The second-order valence-corrected chi connectivity index (χ2v) is 5.09. The van der Waals surface area contributed by atoms with Crippen molar-refractivity contribution in [2.75, 3.05) is 7.11 Å². The van der Waals surface area contributed by atoms with Gasteiger partial charge < -0.3 is 4.74 Å². The highest BCUT2D eigenvalue weighted by molar-refractivity contribution is 9.10. The molecular weight excluding hydrogens is 335 g/mol. The number of carbonyl (C=O) groups is 1. The van der Waals surface area contributed by atoms with E-state index >= 15 is 0 Å². The summed E-state index contributed by atoms with van der Waals surface area (Å²) in [6, 6.07) is 8.69. The fourth-order valence-corrected chi connectivity index (χ4v) is 2.35. The van der Waals surface area contributed by atoms with Crippen molar-refractivity contribution >= 4 is 33.3 Å². The molecule has 2 nitrogen and oxygen atoms in total. The molecule has 0 aliphatic heterocycles. The average Bonchev–Trinajstić information content (AvgIpc) is 2.40. The standard InChI is InChI=1S/C14H9BrClFO2/c1-19-13-5-2-8(6-11(13)15)14(18)10-7-9(16)3-4-12(10)17/h2-7H,1H3. The van der Waals surface area contributed by atoms with Crippen LogP contribution in [0.25, 0.3) is 0 Å². The summed E-state index contributed by atoms with van der Waals surface area (Å²) in [6.07, 6.45) is 0. The predicted molar refractivity (Wildman–Crippen MR) is 75.5 cm³/mol. The van der Waals surface area contributed by atoms with Crippen LogP contribution in [0.15, 0.2) is 40.9 Å². The van der Waals surface area contributed by atoms with Crippen LogP contribution in [0, 0.1) is 5.82 Å². The summed E-state index contributed by atoms with van der Waals surface area (Å²) < 4.78 is 19.3. The third kappa shape index (κ3) is 2.96. The molecular formula is C14H9BrClFO2. The summed E-state index contributed by atoms with van der Waals surface area (Å²) in [5.41, 5.74) is 0.304. The molecule has 0 N–H and O–H groups in total. The summed E-state index contributed by atoms with van der Waals surface area (Å²) in [6.45, 7) is 0. The van der Waals surface area contributed by atoms with E-state index in [2.05, 4.69) is 15.9 Å². The van der Waals surface area contributed by atoms with Gasteiger partial charge in [-0.05, 0) is 52.3 Å². The molecule has 2 aromatic carbocycles. The van der Waals surface area contributed by atoms with Crippen molar-refractivity contribution in [3.8, 4) is 5.75 Å². The van der Waals surface area contributed by atoms with Gasteiger partial charge in [0.1, 0.15) is 11.6 Å². The molecule has 0 bridgehead atoms. The number of hydrogen-bond donors (Lipinski definition) is 0. The number of rotatable bonds is 3. The van der Waals surface area contributed by atoms with Gasteiger partial charge in [-0.2, -0.15) is 0 Å². The topological polar surface area (TPSA) is 26.3 Å². The van der Waals surface area contributed by atoms with E-state index in [1.54, 1.807) is 18.2 Å². The lowest BCUT2D eigenvalue weighted by molar-refractivity contribution is 0.103. The first-order chi connectivity index (χ1) is 9.02. The monoisotopic (exact) mass is 342 g/mol. The molecule has 0 spiro atoms. The maximum Gasteiger partial charge on any atom is 0.196 e. The molecule has 0 saturated heterocycles. The van der Waals surface area contributed by atoms with E-state index in [1.165, 1.54) is 25.3 Å². The van der Waals surface area contributed by atoms with Crippen LogP contribution in [-0.2, 0) is 0 Å². The summed E-state index contributed by atoms with van der Waals surface area (Å²) in [5, 5.41) is 0.317. The normalized spacial score (nSPS) is 10.3. The van der Waals surface area contributed by atoms with Gasteiger partial charge in [0.25, 0.3) is 0 Å². The summed E-state index contributed by atoms with van der Waals surface area (Å²) in [7, 11) is 1.53. The van der Waals surface area contributed by atoms with Crippen LogP contribution in [0.1, 0.15) is 15.9 Å². The molecule has 0 atom stereocenters. The Bertz CT molecular complexity index is 643. The van der Waals surface area contributed by atoms with Crippen molar-refractivity contribution in [1.82, 2.24) is 0 Å². The molecule has 0 aliphatic rings. The number of benzene rings is 2. The quantitative estimate of drug-likeness (QED) is 0.768. The molecule has 0 fully saturated rings. The number of methoxy groups -OCH3 is 1. The van der Waals surface area contributed by atoms with Gasteiger partial charge in [0.15, 0.2) is 5.78 Å². The molecule has 98 valence electrons. The van der Waals surface area contributed by atoms with E-state index in [-0.39, 0.29) is 5.56 Å². The lowest BCUT2D eigenvalue weighted by Gasteiger charge is -2.07. The zero-order valence-electron chi connectivity index (χ0n) is 9.91. The van der Waals surface area contributed by atoms with Gasteiger partial charge in [-0.25, -0.2) is 4.39 Å². The molecule has 0 heterocycles. The summed E-state index contributed by atoms with van der Waals surface area (Å²) >= 11 is 9.06. The Kier molecular flexibility index (Phi) is 4.22. The number of halogens is 3. The second kappa shape index (κ2) is 5.72. The smallest absolute Gasteiger partial charge is 0.196 e. The first-order valence-electron chi connectivity index (χ1n) is 5.36. The fraction of sp³-hybridized carbons (Fsp3) is 0.0714. The van der Waals surface area contributed by atoms with Crippen LogP contribution >= 0.6 is 27.5 Å². The minimum absolute atomic E-state index is 0.0513. The van der Waals surface area contributed by atoms with Crippen molar-refractivity contribution < 1.29 is 13.9 Å². The summed E-state index contributed by atoms with van der Waals surface area (Å²) in [5.74, 6) is -0.423. The van der Waals surface area contributed by atoms with Gasteiger partial charge in [0.2, 0.25) is 0 Å². The molecule has 0 aromatic heterocycles. The lowest BCUT2D eigenvalue weighted by atomic mass is 10.0. The van der Waals surface area contributed by atoms with E-state index < -0.39 is 11.6 Å². The minimum atomic E-state index is -0.596. The molecule has 5 heteroatoms. The fourth-order valence-electron chi connectivity index (χ4n) is 1.63. The van der Waals surface area contributed by atoms with Crippen molar-refractivity contribution in [2.24, 2.45) is 0 Å². The number of ether oxygens (including phenoxy) is 1. The van der Waals surface area contributed by atoms with Crippen LogP contribution in [-0.4, -0.2) is 12.9 Å². The first kappa shape index (κ1) is 14.0. The van der Waals surface area contributed by atoms with E-state index in [9.17, 15) is 9.18 Å². The largest absolute Gasteiger partial charge is 0.496 e. The molecule has 0 aliphatic carbocycles. The third-order valence-corrected chi connectivity index (χ3v) is 3.44. The van der Waals surface area contributed by atoms with Crippen molar-refractivity contribution in [2.45, 2.75) is 0 Å². The molecule has 0 unspecified atom stereocenters. The van der Waals surface area contributed by atoms with Crippen LogP contribution in [0.3, 0.4) is 0 Å². The highest BCUT2D eigenvalue weighted by atomic mass is 79.9. The Labute approximate surface area is 123 Å². The molecule has 19 heavy (non-hydrogen) atoms. The van der Waals surface area contributed by atoms with E-state index in [1.807, 2.05) is 0 Å². The van der Waals surface area contributed by atoms with E-state index in [0.717, 1.165) is 0 Å². The molecule has 0 radical (unpaired) electrons. The third-order valence-electron chi connectivity index (χ3n) is 2.59. The van der Waals surface area contributed by atoms with Crippen LogP contribution < -0.4 is 4.74 Å². The number of hydrogen-bond acceptors (Lipinski definition) is 2. The maximum absolute atomic E-state index is 13.6. The van der Waals surface area contributed by atoms with Crippen LogP contribution in [0.2, 0.25) is 5.02 Å². The van der Waals surface area contributed by atoms with Crippen LogP contribution in [0.5, 0.6) is 5.75 Å². The zero-order chi connectivity index (χ0) is 14.0. The van der Waals surface area contributed by atoms with Gasteiger partial charge in [0, 0.05) is 10.6 Å². The van der Waals surface area contributed by atoms with Crippen molar-refractivity contribution in [1.29, 1.82) is 0 Å². The highest BCUT2D eigenvalue weighted by Crippen LogP contribution is 2.27. The molecule has 0 saturated carbocycles. The molecule has 0 amide bonds. The Hall–Kier alpha value is -1.39. The average molecular weight is 344 g/mol. The van der Waals surface area contributed by atoms with Gasteiger partial charge in [-0.1, -0.05) is 11.6 Å². The Morgan fingerprint density at radius 3 is 2.63 bits per heavy atom. The van der Waals surface area contributed by atoms with Gasteiger partial charge in [0.05, 0.1) is 17.1 Å². The highest BCUT2D eigenvalue weighted by Gasteiger charge is 2.15. The lowest BCUT2D eigenvalue weighted by Crippen LogP contribution is -2.04.